The Bertz CT molecular complexity index is 535. The van der Waals surface area contributed by atoms with Crippen molar-refractivity contribution in [3.05, 3.63) is 29.8 Å². The number of ether oxygens (including phenoxy) is 1. The molecule has 1 aliphatic carbocycles. The van der Waals surface area contributed by atoms with E-state index in [1.165, 1.54) is 0 Å². The molecule has 1 aromatic rings. The maximum Gasteiger partial charge on any atom is 0.297 e. The van der Waals surface area contributed by atoms with Gasteiger partial charge in [0.2, 0.25) is 0 Å². The minimum Gasteiger partial charge on any atom is -0.367 e. The summed E-state index contributed by atoms with van der Waals surface area (Å²) in [5, 5.41) is 0. The van der Waals surface area contributed by atoms with Crippen LogP contribution in [0.2, 0.25) is 0 Å². The second kappa shape index (κ2) is 4.33. The van der Waals surface area contributed by atoms with Crippen LogP contribution >= 0.6 is 0 Å². The molecule has 0 N–H and O–H groups in total. The van der Waals surface area contributed by atoms with E-state index >= 15 is 0 Å². The maximum absolute atomic E-state index is 12.1. The molecular formula is C13H16O4S. The summed E-state index contributed by atoms with van der Waals surface area (Å²) in [6.07, 6.45) is 2.64. The molecule has 0 aromatic heterocycles. The van der Waals surface area contributed by atoms with E-state index < -0.39 is 10.1 Å². The average molecular weight is 268 g/mol. The third-order valence-corrected chi connectivity index (χ3v) is 4.88. The lowest BCUT2D eigenvalue weighted by Gasteiger charge is -2.18. The van der Waals surface area contributed by atoms with Crippen molar-refractivity contribution in [3.63, 3.8) is 0 Å². The van der Waals surface area contributed by atoms with E-state index in [9.17, 15) is 8.42 Å². The van der Waals surface area contributed by atoms with Crippen LogP contribution in [-0.2, 0) is 19.0 Å². The normalized spacial score (nSPS) is 30.8. The Labute approximate surface area is 107 Å². The maximum atomic E-state index is 12.1. The summed E-state index contributed by atoms with van der Waals surface area (Å²) >= 11 is 0. The Morgan fingerprint density at radius 1 is 1.22 bits per heavy atom. The molecule has 5 heteroatoms. The highest BCUT2D eigenvalue weighted by molar-refractivity contribution is 7.86. The van der Waals surface area contributed by atoms with Gasteiger partial charge in [-0.3, -0.25) is 4.18 Å². The van der Waals surface area contributed by atoms with Crippen LogP contribution < -0.4 is 0 Å². The van der Waals surface area contributed by atoms with Crippen molar-refractivity contribution < 1.29 is 17.3 Å². The standard InChI is InChI=1S/C13H16O4S/c1-9-5-7-10(8-6-9)18(14,15)17-12-4-2-3-11-13(12)16-11/h5-8,11-13H,2-4H2,1H3/t11-,12-,13-/m1/s1. The highest BCUT2D eigenvalue weighted by Crippen LogP contribution is 2.39. The first kappa shape index (κ1) is 12.1. The first-order valence-corrected chi connectivity index (χ1v) is 7.62. The molecule has 18 heavy (non-hydrogen) atoms. The first-order chi connectivity index (χ1) is 8.56. The van der Waals surface area contributed by atoms with Gasteiger partial charge in [0.25, 0.3) is 10.1 Å². The lowest BCUT2D eigenvalue weighted by Crippen LogP contribution is -2.28. The summed E-state index contributed by atoms with van der Waals surface area (Å²) in [6.45, 7) is 1.92. The zero-order chi connectivity index (χ0) is 12.8. The van der Waals surface area contributed by atoms with Gasteiger partial charge in [-0.1, -0.05) is 17.7 Å². The number of aryl methyl sites for hydroxylation is 1. The number of fused-ring (bicyclic) bond motifs is 1. The minimum atomic E-state index is -3.66. The van der Waals surface area contributed by atoms with Gasteiger partial charge in [0.05, 0.1) is 11.0 Å². The average Bonchev–Trinajstić information content (AvgIpc) is 3.09. The van der Waals surface area contributed by atoms with Crippen molar-refractivity contribution in [2.45, 2.75) is 49.4 Å². The number of benzene rings is 1. The van der Waals surface area contributed by atoms with Crippen molar-refractivity contribution in [1.82, 2.24) is 0 Å². The van der Waals surface area contributed by atoms with Crippen LogP contribution in [0, 0.1) is 6.92 Å². The largest absolute Gasteiger partial charge is 0.367 e. The molecule has 1 aliphatic heterocycles. The van der Waals surface area contributed by atoms with Gasteiger partial charge in [0, 0.05) is 0 Å². The molecule has 0 amide bonds. The van der Waals surface area contributed by atoms with E-state index in [2.05, 4.69) is 0 Å². The molecule has 0 unspecified atom stereocenters. The van der Waals surface area contributed by atoms with Crippen molar-refractivity contribution in [3.8, 4) is 0 Å². The summed E-state index contributed by atoms with van der Waals surface area (Å²) in [7, 11) is -3.66. The van der Waals surface area contributed by atoms with Crippen molar-refractivity contribution >= 4 is 10.1 Å². The molecule has 3 rings (SSSR count). The fourth-order valence-corrected chi connectivity index (χ4v) is 3.54. The highest BCUT2D eigenvalue weighted by Gasteiger charge is 2.49. The number of epoxide rings is 1. The van der Waals surface area contributed by atoms with Gasteiger partial charge in [-0.05, 0) is 38.3 Å². The Kier molecular flexibility index (Phi) is 2.92. The Balaban J connectivity index is 1.76. The van der Waals surface area contributed by atoms with Gasteiger partial charge in [-0.25, -0.2) is 0 Å². The van der Waals surface area contributed by atoms with Gasteiger partial charge >= 0.3 is 0 Å². The van der Waals surface area contributed by atoms with Gasteiger partial charge < -0.3 is 4.74 Å². The minimum absolute atomic E-state index is 0.0148. The number of rotatable bonds is 3. The molecule has 2 fully saturated rings. The molecule has 1 aromatic carbocycles. The first-order valence-electron chi connectivity index (χ1n) is 6.22. The molecule has 0 radical (unpaired) electrons. The van der Waals surface area contributed by atoms with Crippen LogP contribution in [0.15, 0.2) is 29.2 Å². The topological polar surface area (TPSA) is 55.9 Å². The van der Waals surface area contributed by atoms with Gasteiger partial charge in [-0.15, -0.1) is 0 Å². The van der Waals surface area contributed by atoms with Crippen LogP contribution in [0.5, 0.6) is 0 Å². The molecule has 3 atom stereocenters. The van der Waals surface area contributed by atoms with Crippen molar-refractivity contribution in [1.29, 1.82) is 0 Å². The third-order valence-electron chi connectivity index (χ3n) is 3.53. The van der Waals surface area contributed by atoms with Gasteiger partial charge in [0.1, 0.15) is 12.2 Å². The van der Waals surface area contributed by atoms with Gasteiger partial charge in [-0.2, -0.15) is 8.42 Å². The monoisotopic (exact) mass is 268 g/mol. The lowest BCUT2D eigenvalue weighted by atomic mass is 9.98. The van der Waals surface area contributed by atoms with Crippen LogP contribution in [0.4, 0.5) is 0 Å². The van der Waals surface area contributed by atoms with E-state index in [0.29, 0.717) is 0 Å². The molecule has 2 aliphatic rings. The third kappa shape index (κ3) is 2.30. The second-order valence-corrected chi connectivity index (χ2v) is 6.54. The molecule has 98 valence electrons. The molecule has 0 spiro atoms. The quantitative estimate of drug-likeness (QED) is 0.621. The number of hydrogen-bond donors (Lipinski definition) is 0. The van der Waals surface area contributed by atoms with Crippen LogP contribution in [0.1, 0.15) is 24.8 Å². The van der Waals surface area contributed by atoms with E-state index in [-0.39, 0.29) is 23.2 Å². The predicted octanol–water partition coefficient (Wildman–Crippen LogP) is 2.02. The molecule has 1 heterocycles. The van der Waals surface area contributed by atoms with E-state index in [4.69, 9.17) is 8.92 Å². The van der Waals surface area contributed by atoms with E-state index in [0.717, 1.165) is 24.8 Å². The molecule has 4 nitrogen and oxygen atoms in total. The molecule has 1 saturated carbocycles. The lowest BCUT2D eigenvalue weighted by molar-refractivity contribution is 0.155. The summed E-state index contributed by atoms with van der Waals surface area (Å²) in [5.41, 5.74) is 1.03. The van der Waals surface area contributed by atoms with E-state index in [1.54, 1.807) is 24.3 Å². The second-order valence-electron chi connectivity index (χ2n) is 4.97. The van der Waals surface area contributed by atoms with E-state index in [1.807, 2.05) is 6.92 Å². The van der Waals surface area contributed by atoms with Gasteiger partial charge in [0.15, 0.2) is 0 Å². The van der Waals surface area contributed by atoms with Crippen LogP contribution in [-0.4, -0.2) is 26.7 Å². The molecule has 1 saturated heterocycles. The Hall–Kier alpha value is -0.910. The summed E-state index contributed by atoms with van der Waals surface area (Å²) < 4.78 is 34.9. The fraction of sp³-hybridized carbons (Fsp3) is 0.538. The summed E-state index contributed by atoms with van der Waals surface area (Å²) in [5.74, 6) is 0. The highest BCUT2D eigenvalue weighted by atomic mass is 32.2. The van der Waals surface area contributed by atoms with Crippen molar-refractivity contribution in [2.24, 2.45) is 0 Å². The fourth-order valence-electron chi connectivity index (χ4n) is 2.43. The molecular weight excluding hydrogens is 252 g/mol. The van der Waals surface area contributed by atoms with Crippen molar-refractivity contribution in [2.75, 3.05) is 0 Å². The number of hydrogen-bond acceptors (Lipinski definition) is 4. The molecule has 0 bridgehead atoms. The predicted molar refractivity (Wildman–Crippen MR) is 65.7 cm³/mol. The smallest absolute Gasteiger partial charge is 0.297 e. The zero-order valence-electron chi connectivity index (χ0n) is 10.2. The zero-order valence-corrected chi connectivity index (χ0v) is 11.0. The summed E-state index contributed by atoms with van der Waals surface area (Å²) in [6, 6.07) is 6.71. The van der Waals surface area contributed by atoms with Crippen LogP contribution in [0.25, 0.3) is 0 Å². The van der Waals surface area contributed by atoms with Crippen LogP contribution in [0.3, 0.4) is 0 Å². The SMILES string of the molecule is Cc1ccc(S(=O)(=O)O[C@@H]2CCC[C@H]3O[C@H]32)cc1. The Morgan fingerprint density at radius 2 is 1.94 bits per heavy atom. The Morgan fingerprint density at radius 3 is 2.67 bits per heavy atom. The summed E-state index contributed by atoms with van der Waals surface area (Å²) in [4.78, 5) is 0.218.